The molecule has 2 amide bonds. The molecular formula is C17H21F3N2O3. The number of carbonyl (C=O) groups is 2. The molecule has 138 valence electrons. The number of benzene rings is 1. The molecule has 0 heterocycles. The van der Waals surface area contributed by atoms with Crippen molar-refractivity contribution in [2.75, 3.05) is 0 Å². The molecule has 1 fully saturated rings. The van der Waals surface area contributed by atoms with E-state index in [-0.39, 0.29) is 18.5 Å². The average molecular weight is 358 g/mol. The molecule has 0 aliphatic heterocycles. The van der Waals surface area contributed by atoms with E-state index in [4.69, 9.17) is 5.11 Å². The van der Waals surface area contributed by atoms with Crippen LogP contribution >= 0.6 is 0 Å². The molecule has 1 aliphatic carbocycles. The van der Waals surface area contributed by atoms with Crippen molar-refractivity contribution >= 4 is 12.0 Å². The molecule has 1 aromatic carbocycles. The third-order valence-electron chi connectivity index (χ3n) is 4.52. The maximum absolute atomic E-state index is 12.6. The van der Waals surface area contributed by atoms with Gasteiger partial charge >= 0.3 is 18.2 Å². The van der Waals surface area contributed by atoms with E-state index in [1.165, 1.54) is 6.07 Å². The second-order valence-corrected chi connectivity index (χ2v) is 6.35. The fourth-order valence-electron chi connectivity index (χ4n) is 2.97. The van der Waals surface area contributed by atoms with Crippen LogP contribution < -0.4 is 10.6 Å². The number of nitrogens with one attached hydrogen (secondary N) is 2. The molecule has 0 aromatic heterocycles. The predicted octanol–water partition coefficient (Wildman–Crippen LogP) is 3.46. The van der Waals surface area contributed by atoms with Crippen LogP contribution in [0.5, 0.6) is 0 Å². The Morgan fingerprint density at radius 2 is 1.84 bits per heavy atom. The SMILES string of the molecule is Cc1cc(C(F)(F)F)ccc1CNC(=O)NC1CCC(C(=O)O)CC1. The maximum atomic E-state index is 12.6. The van der Waals surface area contributed by atoms with Crippen molar-refractivity contribution in [2.24, 2.45) is 5.92 Å². The van der Waals surface area contributed by atoms with Crippen molar-refractivity contribution in [1.29, 1.82) is 0 Å². The highest BCUT2D eigenvalue weighted by molar-refractivity contribution is 5.74. The van der Waals surface area contributed by atoms with Crippen LogP contribution in [-0.2, 0) is 17.5 Å². The zero-order valence-corrected chi connectivity index (χ0v) is 13.8. The summed E-state index contributed by atoms with van der Waals surface area (Å²) in [5.74, 6) is -1.16. The highest BCUT2D eigenvalue weighted by atomic mass is 19.4. The largest absolute Gasteiger partial charge is 0.481 e. The minimum atomic E-state index is -4.39. The topological polar surface area (TPSA) is 78.4 Å². The Morgan fingerprint density at radius 3 is 2.36 bits per heavy atom. The number of aliphatic carboxylic acids is 1. The third-order valence-corrected chi connectivity index (χ3v) is 4.52. The molecule has 0 unspecified atom stereocenters. The first-order valence-electron chi connectivity index (χ1n) is 8.10. The van der Waals surface area contributed by atoms with Gasteiger partial charge in [0.05, 0.1) is 11.5 Å². The molecule has 2 rings (SSSR count). The van der Waals surface area contributed by atoms with Crippen LogP contribution in [0.3, 0.4) is 0 Å². The van der Waals surface area contributed by atoms with Crippen LogP contribution in [0.2, 0.25) is 0 Å². The minimum absolute atomic E-state index is 0.0793. The molecule has 0 saturated heterocycles. The first-order chi connectivity index (χ1) is 11.7. The molecule has 0 atom stereocenters. The van der Waals surface area contributed by atoms with E-state index in [1.807, 2.05) is 0 Å². The summed E-state index contributed by atoms with van der Waals surface area (Å²) >= 11 is 0. The highest BCUT2D eigenvalue weighted by Gasteiger charge is 2.30. The van der Waals surface area contributed by atoms with Gasteiger partial charge in [0.1, 0.15) is 0 Å². The Hall–Kier alpha value is -2.25. The lowest BCUT2D eigenvalue weighted by Crippen LogP contribution is -2.44. The number of hydrogen-bond acceptors (Lipinski definition) is 2. The lowest BCUT2D eigenvalue weighted by molar-refractivity contribution is -0.143. The fraction of sp³-hybridized carbons (Fsp3) is 0.529. The van der Waals surface area contributed by atoms with Crippen molar-refractivity contribution in [3.8, 4) is 0 Å². The minimum Gasteiger partial charge on any atom is -0.481 e. The summed E-state index contributed by atoms with van der Waals surface area (Å²) in [4.78, 5) is 22.8. The summed E-state index contributed by atoms with van der Waals surface area (Å²) in [6, 6.07) is 2.93. The first kappa shape index (κ1) is 19.1. The van der Waals surface area contributed by atoms with Crippen molar-refractivity contribution in [2.45, 2.75) is 51.4 Å². The zero-order chi connectivity index (χ0) is 18.6. The van der Waals surface area contributed by atoms with Gasteiger partial charge in [0.25, 0.3) is 0 Å². The summed E-state index contributed by atoms with van der Waals surface area (Å²) in [5.41, 5.74) is 0.350. The number of aryl methyl sites for hydroxylation is 1. The third kappa shape index (κ3) is 5.37. The summed E-state index contributed by atoms with van der Waals surface area (Å²) in [5, 5.41) is 14.4. The van der Waals surface area contributed by atoms with E-state index < -0.39 is 23.7 Å². The summed E-state index contributed by atoms with van der Waals surface area (Å²) in [6.45, 7) is 1.69. The van der Waals surface area contributed by atoms with Crippen molar-refractivity contribution < 1.29 is 27.9 Å². The Labute approximate surface area is 143 Å². The van der Waals surface area contributed by atoms with Gasteiger partial charge in [0.15, 0.2) is 0 Å². The summed E-state index contributed by atoms with van der Waals surface area (Å²) in [7, 11) is 0. The van der Waals surface area contributed by atoms with Crippen molar-refractivity contribution in [1.82, 2.24) is 10.6 Å². The molecule has 8 heteroatoms. The maximum Gasteiger partial charge on any atom is 0.416 e. The molecule has 0 spiro atoms. The van der Waals surface area contributed by atoms with Crippen LogP contribution in [0.4, 0.5) is 18.0 Å². The van der Waals surface area contributed by atoms with Crippen LogP contribution in [0.15, 0.2) is 18.2 Å². The van der Waals surface area contributed by atoms with Gasteiger partial charge in [-0.1, -0.05) is 6.07 Å². The molecule has 1 aromatic rings. The van der Waals surface area contributed by atoms with Gasteiger partial charge in [-0.25, -0.2) is 4.79 Å². The monoisotopic (exact) mass is 358 g/mol. The van der Waals surface area contributed by atoms with Gasteiger partial charge in [-0.05, 0) is 55.9 Å². The standard InChI is InChI=1S/C17H21F3N2O3/c1-10-8-13(17(18,19)20)5-2-12(10)9-21-16(25)22-14-6-3-11(4-7-14)15(23)24/h2,5,8,11,14H,3-4,6-7,9H2,1H3,(H,23,24)(H2,21,22,25). The Kier molecular flexibility index (Phi) is 5.92. The molecule has 0 bridgehead atoms. The molecule has 25 heavy (non-hydrogen) atoms. The van der Waals surface area contributed by atoms with Gasteiger partial charge < -0.3 is 15.7 Å². The number of carboxylic acid groups (broad SMARTS) is 1. The van der Waals surface area contributed by atoms with Crippen molar-refractivity contribution in [3.63, 3.8) is 0 Å². The Bertz CT molecular complexity index is 639. The van der Waals surface area contributed by atoms with Gasteiger partial charge in [-0.15, -0.1) is 0 Å². The first-order valence-corrected chi connectivity index (χ1v) is 8.10. The quantitative estimate of drug-likeness (QED) is 0.771. The fourth-order valence-corrected chi connectivity index (χ4v) is 2.97. The van der Waals surface area contributed by atoms with Crippen LogP contribution in [0, 0.1) is 12.8 Å². The number of halogens is 3. The predicted molar refractivity (Wildman–Crippen MR) is 84.9 cm³/mol. The van der Waals surface area contributed by atoms with E-state index in [2.05, 4.69) is 10.6 Å². The summed E-state index contributed by atoms with van der Waals surface area (Å²) < 4.78 is 37.9. The van der Waals surface area contributed by atoms with E-state index >= 15 is 0 Å². The van der Waals surface area contributed by atoms with Gasteiger partial charge in [0.2, 0.25) is 0 Å². The van der Waals surface area contributed by atoms with E-state index in [1.54, 1.807) is 6.92 Å². The van der Waals surface area contributed by atoms with Gasteiger partial charge in [-0.3, -0.25) is 4.79 Å². The van der Waals surface area contributed by atoms with Crippen molar-refractivity contribution in [3.05, 3.63) is 34.9 Å². The molecule has 3 N–H and O–H groups in total. The second kappa shape index (κ2) is 7.76. The Balaban J connectivity index is 1.82. The average Bonchev–Trinajstić information content (AvgIpc) is 2.53. The number of alkyl halides is 3. The smallest absolute Gasteiger partial charge is 0.416 e. The van der Waals surface area contributed by atoms with E-state index in [0.717, 1.165) is 12.1 Å². The number of carboxylic acids is 1. The Morgan fingerprint density at radius 1 is 1.20 bits per heavy atom. The number of hydrogen-bond donors (Lipinski definition) is 3. The number of urea groups is 1. The second-order valence-electron chi connectivity index (χ2n) is 6.35. The number of amides is 2. The van der Waals surface area contributed by atoms with Gasteiger partial charge in [-0.2, -0.15) is 13.2 Å². The van der Waals surface area contributed by atoms with Crippen LogP contribution in [0.25, 0.3) is 0 Å². The lowest BCUT2D eigenvalue weighted by Gasteiger charge is -2.26. The van der Waals surface area contributed by atoms with E-state index in [9.17, 15) is 22.8 Å². The number of carbonyl (C=O) groups excluding carboxylic acids is 1. The van der Waals surface area contributed by atoms with Crippen LogP contribution in [0.1, 0.15) is 42.4 Å². The number of rotatable bonds is 4. The van der Waals surface area contributed by atoms with Gasteiger partial charge in [0, 0.05) is 12.6 Å². The lowest BCUT2D eigenvalue weighted by atomic mass is 9.86. The normalized spacial score (nSPS) is 20.8. The summed E-state index contributed by atoms with van der Waals surface area (Å²) in [6.07, 6.45) is -2.13. The molecule has 1 aliphatic rings. The van der Waals surface area contributed by atoms with Crippen LogP contribution in [-0.4, -0.2) is 23.1 Å². The zero-order valence-electron chi connectivity index (χ0n) is 13.8. The highest BCUT2D eigenvalue weighted by Crippen LogP contribution is 2.30. The van der Waals surface area contributed by atoms with E-state index in [0.29, 0.717) is 36.8 Å². The molecule has 0 radical (unpaired) electrons. The molecule has 5 nitrogen and oxygen atoms in total. The molecular weight excluding hydrogens is 337 g/mol. The molecule has 1 saturated carbocycles.